The molecule has 1 amide bonds. The topological polar surface area (TPSA) is 63.2 Å². The zero-order chi connectivity index (χ0) is 12.5. The highest BCUT2D eigenvalue weighted by molar-refractivity contribution is 7.09. The predicted molar refractivity (Wildman–Crippen MR) is 75.6 cm³/mol. The summed E-state index contributed by atoms with van der Waals surface area (Å²) in [6.45, 7) is 4.95. The van der Waals surface area contributed by atoms with Gasteiger partial charge < -0.3 is 15.4 Å². The van der Waals surface area contributed by atoms with E-state index < -0.39 is 0 Å². The molecule has 2 N–H and O–H groups in total. The molecule has 7 heteroatoms. The second kappa shape index (κ2) is 10.3. The molecule has 1 heterocycles. The summed E-state index contributed by atoms with van der Waals surface area (Å²) < 4.78 is 4.95. The van der Waals surface area contributed by atoms with Crippen LogP contribution in [0.5, 0.6) is 0 Å². The van der Waals surface area contributed by atoms with E-state index >= 15 is 0 Å². The summed E-state index contributed by atoms with van der Waals surface area (Å²) in [4.78, 5) is 15.8. The first kappa shape index (κ1) is 17.3. The summed E-state index contributed by atoms with van der Waals surface area (Å²) in [5.41, 5.74) is 0.470. The lowest BCUT2D eigenvalue weighted by Gasteiger charge is -2.04. The Morgan fingerprint density at radius 2 is 2.22 bits per heavy atom. The Morgan fingerprint density at radius 1 is 1.44 bits per heavy atom. The van der Waals surface area contributed by atoms with Gasteiger partial charge in [0.1, 0.15) is 10.7 Å². The quantitative estimate of drug-likeness (QED) is 0.712. The van der Waals surface area contributed by atoms with Gasteiger partial charge in [-0.1, -0.05) is 6.92 Å². The van der Waals surface area contributed by atoms with Crippen LogP contribution in [0, 0.1) is 0 Å². The smallest absolute Gasteiger partial charge is 0.270 e. The Labute approximate surface area is 118 Å². The maximum atomic E-state index is 11.7. The molecule has 0 aliphatic rings. The van der Waals surface area contributed by atoms with E-state index in [1.54, 1.807) is 12.5 Å². The zero-order valence-corrected chi connectivity index (χ0v) is 12.3. The third-order valence-corrected chi connectivity index (χ3v) is 2.89. The van der Waals surface area contributed by atoms with E-state index in [1.807, 2.05) is 0 Å². The Morgan fingerprint density at radius 3 is 2.89 bits per heavy atom. The molecule has 104 valence electrons. The maximum absolute atomic E-state index is 11.7. The fourth-order valence-electron chi connectivity index (χ4n) is 1.26. The molecule has 5 nitrogen and oxygen atoms in total. The van der Waals surface area contributed by atoms with Crippen molar-refractivity contribution in [2.75, 3.05) is 26.7 Å². The molecule has 0 aliphatic heterocycles. The molecule has 0 bridgehead atoms. The first-order chi connectivity index (χ1) is 8.27. The van der Waals surface area contributed by atoms with E-state index in [4.69, 9.17) is 4.74 Å². The van der Waals surface area contributed by atoms with Gasteiger partial charge in [0.25, 0.3) is 5.91 Å². The first-order valence-corrected chi connectivity index (χ1v) is 6.58. The highest BCUT2D eigenvalue weighted by atomic mass is 35.5. The van der Waals surface area contributed by atoms with Gasteiger partial charge in [-0.2, -0.15) is 0 Å². The molecule has 0 saturated carbocycles. The molecule has 0 aliphatic carbocycles. The number of methoxy groups -OCH3 is 1. The summed E-state index contributed by atoms with van der Waals surface area (Å²) in [6, 6.07) is 0. The van der Waals surface area contributed by atoms with Crippen molar-refractivity contribution in [2.24, 2.45) is 0 Å². The molecule has 1 aromatic heterocycles. The van der Waals surface area contributed by atoms with Crippen LogP contribution in [0.15, 0.2) is 5.38 Å². The number of hydrogen-bond acceptors (Lipinski definition) is 5. The van der Waals surface area contributed by atoms with Crippen molar-refractivity contribution in [2.45, 2.75) is 20.0 Å². The van der Waals surface area contributed by atoms with E-state index in [1.165, 1.54) is 11.3 Å². The molecule has 0 saturated heterocycles. The molecule has 0 unspecified atom stereocenters. The number of nitrogens with one attached hydrogen (secondary N) is 2. The van der Waals surface area contributed by atoms with Gasteiger partial charge in [0, 0.05) is 25.6 Å². The van der Waals surface area contributed by atoms with Crippen LogP contribution < -0.4 is 10.6 Å². The third-order valence-electron chi connectivity index (χ3n) is 2.07. The number of ether oxygens (including phenoxy) is 1. The number of aromatic nitrogens is 1. The highest BCUT2D eigenvalue weighted by Crippen LogP contribution is 2.10. The highest BCUT2D eigenvalue weighted by Gasteiger charge is 2.09. The monoisotopic (exact) mass is 293 g/mol. The Kier molecular flexibility index (Phi) is 9.86. The normalized spacial score (nSPS) is 9.89. The molecular weight excluding hydrogens is 274 g/mol. The lowest BCUT2D eigenvalue weighted by molar-refractivity contribution is 0.0949. The maximum Gasteiger partial charge on any atom is 0.270 e. The van der Waals surface area contributed by atoms with Gasteiger partial charge in [0.2, 0.25) is 0 Å². The number of thiazole rings is 1. The number of nitrogens with zero attached hydrogens (tertiary/aromatic N) is 1. The van der Waals surface area contributed by atoms with Gasteiger partial charge in [-0.15, -0.1) is 23.7 Å². The molecule has 0 spiro atoms. The molecule has 1 rings (SSSR count). The molecule has 0 aromatic carbocycles. The predicted octanol–water partition coefficient (Wildman–Crippen LogP) is 1.44. The lowest BCUT2D eigenvalue weighted by Crippen LogP contribution is -2.32. The number of hydrogen-bond donors (Lipinski definition) is 2. The second-order valence-electron chi connectivity index (χ2n) is 3.57. The number of carbonyl (C=O) groups is 1. The number of rotatable bonds is 8. The van der Waals surface area contributed by atoms with Gasteiger partial charge in [-0.25, -0.2) is 4.98 Å². The van der Waals surface area contributed by atoms with Crippen LogP contribution in [0.3, 0.4) is 0 Å². The van der Waals surface area contributed by atoms with E-state index in [0.717, 1.165) is 24.5 Å². The summed E-state index contributed by atoms with van der Waals surface area (Å²) >= 11 is 1.44. The third kappa shape index (κ3) is 6.30. The molecule has 1 aromatic rings. The summed E-state index contributed by atoms with van der Waals surface area (Å²) in [6.07, 6.45) is 1.10. The van der Waals surface area contributed by atoms with Crippen LogP contribution in [0.25, 0.3) is 0 Å². The Hall–Kier alpha value is -0.690. The van der Waals surface area contributed by atoms with Crippen LogP contribution in [-0.4, -0.2) is 37.6 Å². The molecule has 0 fully saturated rings. The van der Waals surface area contributed by atoms with Gasteiger partial charge in [-0.05, 0) is 13.0 Å². The molecule has 18 heavy (non-hydrogen) atoms. The standard InChI is InChI=1S/C11H19N3O2S.ClH/c1-3-4-12-5-6-13-11(15)9-8-17-10(14-9)7-16-2;/h8,12H,3-7H2,1-2H3,(H,13,15);1H. The molecular formula is C11H20ClN3O2S. The molecule has 0 atom stereocenters. The lowest BCUT2D eigenvalue weighted by atomic mass is 10.4. The van der Waals surface area contributed by atoms with Crippen molar-refractivity contribution in [3.63, 3.8) is 0 Å². The van der Waals surface area contributed by atoms with Gasteiger partial charge in [-0.3, -0.25) is 4.79 Å². The van der Waals surface area contributed by atoms with E-state index in [2.05, 4.69) is 22.5 Å². The Balaban J connectivity index is 0.00000289. The van der Waals surface area contributed by atoms with Crippen molar-refractivity contribution in [3.8, 4) is 0 Å². The summed E-state index contributed by atoms with van der Waals surface area (Å²) in [5, 5.41) is 8.60. The van der Waals surface area contributed by atoms with Crippen LogP contribution >= 0.6 is 23.7 Å². The number of amides is 1. The fourth-order valence-corrected chi connectivity index (χ4v) is 2.01. The van der Waals surface area contributed by atoms with Crippen LogP contribution in [0.2, 0.25) is 0 Å². The van der Waals surface area contributed by atoms with E-state index in [9.17, 15) is 4.79 Å². The van der Waals surface area contributed by atoms with Crippen LogP contribution in [0.1, 0.15) is 28.8 Å². The van der Waals surface area contributed by atoms with E-state index in [0.29, 0.717) is 18.8 Å². The summed E-state index contributed by atoms with van der Waals surface area (Å²) in [7, 11) is 1.61. The zero-order valence-electron chi connectivity index (χ0n) is 10.7. The SMILES string of the molecule is CCCNCCNC(=O)c1csc(COC)n1.Cl. The average Bonchev–Trinajstić information content (AvgIpc) is 2.78. The second-order valence-corrected chi connectivity index (χ2v) is 4.51. The minimum atomic E-state index is -0.123. The average molecular weight is 294 g/mol. The molecule has 0 radical (unpaired) electrons. The minimum absolute atomic E-state index is 0. The first-order valence-electron chi connectivity index (χ1n) is 5.70. The van der Waals surface area contributed by atoms with Crippen molar-refractivity contribution < 1.29 is 9.53 Å². The van der Waals surface area contributed by atoms with Gasteiger partial charge in [0.15, 0.2) is 0 Å². The summed E-state index contributed by atoms with van der Waals surface area (Å²) in [5.74, 6) is -0.123. The number of carbonyl (C=O) groups excluding carboxylic acids is 1. The minimum Gasteiger partial charge on any atom is -0.378 e. The van der Waals surface area contributed by atoms with Gasteiger partial charge >= 0.3 is 0 Å². The number of halogens is 1. The van der Waals surface area contributed by atoms with Crippen LogP contribution in [-0.2, 0) is 11.3 Å². The van der Waals surface area contributed by atoms with Crippen molar-refractivity contribution in [3.05, 3.63) is 16.1 Å². The fraction of sp³-hybridized carbons (Fsp3) is 0.636. The largest absolute Gasteiger partial charge is 0.378 e. The van der Waals surface area contributed by atoms with Crippen molar-refractivity contribution in [1.29, 1.82) is 0 Å². The van der Waals surface area contributed by atoms with E-state index in [-0.39, 0.29) is 18.3 Å². The van der Waals surface area contributed by atoms with Crippen molar-refractivity contribution >= 4 is 29.7 Å². The van der Waals surface area contributed by atoms with Crippen LogP contribution in [0.4, 0.5) is 0 Å². The van der Waals surface area contributed by atoms with Gasteiger partial charge in [0.05, 0.1) is 6.61 Å². The van der Waals surface area contributed by atoms with Crippen molar-refractivity contribution in [1.82, 2.24) is 15.6 Å². The Bertz CT molecular complexity index is 347.